The normalized spacial score (nSPS) is 12.3. The summed E-state index contributed by atoms with van der Waals surface area (Å²) < 4.78 is 0. The molecule has 21 heavy (non-hydrogen) atoms. The smallest absolute Gasteiger partial charge is 0.188 e. The number of aromatic amines is 1. The number of nitrogens with two attached hydrogens (primary N) is 1. The summed E-state index contributed by atoms with van der Waals surface area (Å²) in [6, 6.07) is 6.31. The zero-order valence-electron chi connectivity index (χ0n) is 13.2. The summed E-state index contributed by atoms with van der Waals surface area (Å²) in [5, 5.41) is 4.48. The maximum atomic E-state index is 5.87. The van der Waals surface area contributed by atoms with E-state index in [0.29, 0.717) is 12.5 Å². The second kappa shape index (κ2) is 7.15. The minimum Gasteiger partial charge on any atom is -0.370 e. The summed E-state index contributed by atoms with van der Waals surface area (Å²) in [6.07, 6.45) is 2.96. The van der Waals surface area contributed by atoms with Gasteiger partial charge >= 0.3 is 0 Å². The Morgan fingerprint density at radius 1 is 1.33 bits per heavy atom. The van der Waals surface area contributed by atoms with Crippen LogP contribution < -0.4 is 11.1 Å². The first-order valence-electron chi connectivity index (χ1n) is 7.00. The highest BCUT2D eigenvalue weighted by molar-refractivity contribution is 14.0. The molecule has 116 valence electrons. The lowest BCUT2D eigenvalue weighted by atomic mass is 10.1. The number of fused-ring (bicyclic) bond motifs is 1. The summed E-state index contributed by atoms with van der Waals surface area (Å²) in [6.45, 7) is 9.03. The van der Waals surface area contributed by atoms with Gasteiger partial charge in [0.1, 0.15) is 0 Å². The number of benzene rings is 1. The Labute approximate surface area is 143 Å². The number of aliphatic imine (C=N–C) groups is 1. The van der Waals surface area contributed by atoms with Gasteiger partial charge in [-0.15, -0.1) is 24.0 Å². The zero-order valence-corrected chi connectivity index (χ0v) is 15.5. The SMILES string of the molecule is Cc1cccc2[nH]cc(CCN=C(N)NC(C)(C)C)c12.I. The lowest BCUT2D eigenvalue weighted by Crippen LogP contribution is -2.45. The van der Waals surface area contributed by atoms with Gasteiger partial charge in [-0.05, 0) is 51.3 Å². The second-order valence-corrected chi connectivity index (χ2v) is 6.20. The lowest BCUT2D eigenvalue weighted by molar-refractivity contribution is 0.508. The van der Waals surface area contributed by atoms with Crippen molar-refractivity contribution in [2.45, 2.75) is 39.7 Å². The molecular weight excluding hydrogens is 375 g/mol. The molecular formula is C16H25IN4. The van der Waals surface area contributed by atoms with E-state index in [0.717, 1.165) is 6.42 Å². The Balaban J connectivity index is 0.00000220. The molecule has 0 unspecified atom stereocenters. The number of aryl methyl sites for hydroxylation is 1. The molecule has 0 saturated carbocycles. The van der Waals surface area contributed by atoms with Crippen LogP contribution in [0.4, 0.5) is 0 Å². The molecule has 0 bridgehead atoms. The molecule has 0 spiro atoms. The van der Waals surface area contributed by atoms with Gasteiger partial charge in [0.25, 0.3) is 0 Å². The van der Waals surface area contributed by atoms with Crippen LogP contribution in [0.5, 0.6) is 0 Å². The fourth-order valence-electron chi connectivity index (χ4n) is 2.37. The van der Waals surface area contributed by atoms with Gasteiger partial charge in [-0.2, -0.15) is 0 Å². The maximum Gasteiger partial charge on any atom is 0.188 e. The molecule has 0 radical (unpaired) electrons. The van der Waals surface area contributed by atoms with E-state index in [4.69, 9.17) is 5.73 Å². The van der Waals surface area contributed by atoms with Crippen molar-refractivity contribution in [3.63, 3.8) is 0 Å². The maximum absolute atomic E-state index is 5.87. The van der Waals surface area contributed by atoms with E-state index in [1.165, 1.54) is 22.0 Å². The molecule has 5 heteroatoms. The molecule has 4 nitrogen and oxygen atoms in total. The Bertz CT molecular complexity index is 623. The Hall–Kier alpha value is -1.24. The number of nitrogens with one attached hydrogen (secondary N) is 2. The first kappa shape index (κ1) is 17.8. The van der Waals surface area contributed by atoms with Crippen LogP contribution in [0.15, 0.2) is 29.4 Å². The van der Waals surface area contributed by atoms with E-state index in [1.807, 2.05) is 0 Å². The van der Waals surface area contributed by atoms with Gasteiger partial charge in [-0.3, -0.25) is 4.99 Å². The van der Waals surface area contributed by atoms with Crippen LogP contribution >= 0.6 is 24.0 Å². The topological polar surface area (TPSA) is 66.2 Å². The lowest BCUT2D eigenvalue weighted by Gasteiger charge is -2.20. The summed E-state index contributed by atoms with van der Waals surface area (Å²) >= 11 is 0. The number of rotatable bonds is 3. The molecule has 2 aromatic rings. The molecule has 2 rings (SSSR count). The summed E-state index contributed by atoms with van der Waals surface area (Å²) in [7, 11) is 0. The third kappa shape index (κ3) is 4.91. The molecule has 0 amide bonds. The van der Waals surface area contributed by atoms with Gasteiger partial charge in [0.05, 0.1) is 0 Å². The number of H-pyrrole nitrogens is 1. The van der Waals surface area contributed by atoms with Crippen LogP contribution in [0.1, 0.15) is 31.9 Å². The van der Waals surface area contributed by atoms with Crippen molar-refractivity contribution in [3.8, 4) is 0 Å². The Morgan fingerprint density at radius 3 is 2.71 bits per heavy atom. The monoisotopic (exact) mass is 400 g/mol. The van der Waals surface area contributed by atoms with E-state index in [2.05, 4.69) is 67.4 Å². The van der Waals surface area contributed by atoms with Crippen molar-refractivity contribution in [1.82, 2.24) is 10.3 Å². The minimum atomic E-state index is -0.0506. The molecule has 0 aliphatic heterocycles. The van der Waals surface area contributed by atoms with E-state index < -0.39 is 0 Å². The number of halogens is 1. The summed E-state index contributed by atoms with van der Waals surface area (Å²) in [4.78, 5) is 7.70. The van der Waals surface area contributed by atoms with E-state index in [-0.39, 0.29) is 29.5 Å². The van der Waals surface area contributed by atoms with Gasteiger partial charge in [-0.25, -0.2) is 0 Å². The average molecular weight is 400 g/mol. The quantitative estimate of drug-likeness (QED) is 0.420. The molecule has 1 aromatic carbocycles. The van der Waals surface area contributed by atoms with Crippen LogP contribution in [0.2, 0.25) is 0 Å². The third-order valence-electron chi connectivity index (χ3n) is 3.16. The van der Waals surface area contributed by atoms with Gasteiger partial charge in [0, 0.05) is 29.2 Å². The molecule has 0 aliphatic rings. The van der Waals surface area contributed by atoms with Crippen LogP contribution in [0.25, 0.3) is 10.9 Å². The van der Waals surface area contributed by atoms with Gasteiger partial charge < -0.3 is 16.0 Å². The van der Waals surface area contributed by atoms with E-state index >= 15 is 0 Å². The third-order valence-corrected chi connectivity index (χ3v) is 3.16. The molecule has 1 aromatic heterocycles. The van der Waals surface area contributed by atoms with Crippen LogP contribution in [0.3, 0.4) is 0 Å². The summed E-state index contributed by atoms with van der Waals surface area (Å²) in [5.41, 5.74) is 9.60. The van der Waals surface area contributed by atoms with Crippen molar-refractivity contribution in [2.24, 2.45) is 10.7 Å². The van der Waals surface area contributed by atoms with Gasteiger partial charge in [-0.1, -0.05) is 12.1 Å². The highest BCUT2D eigenvalue weighted by Gasteiger charge is 2.10. The van der Waals surface area contributed by atoms with Crippen LogP contribution in [-0.2, 0) is 6.42 Å². The molecule has 0 saturated heterocycles. The predicted octanol–water partition coefficient (Wildman–Crippen LogP) is 3.34. The zero-order chi connectivity index (χ0) is 14.8. The van der Waals surface area contributed by atoms with Crippen molar-refractivity contribution >= 4 is 40.8 Å². The molecule has 4 N–H and O–H groups in total. The van der Waals surface area contributed by atoms with Crippen molar-refractivity contribution in [2.75, 3.05) is 6.54 Å². The Morgan fingerprint density at radius 2 is 2.05 bits per heavy atom. The second-order valence-electron chi connectivity index (χ2n) is 6.20. The van der Waals surface area contributed by atoms with Crippen molar-refractivity contribution in [1.29, 1.82) is 0 Å². The number of aromatic nitrogens is 1. The van der Waals surface area contributed by atoms with Gasteiger partial charge in [0.2, 0.25) is 0 Å². The number of hydrogen-bond donors (Lipinski definition) is 3. The summed E-state index contributed by atoms with van der Waals surface area (Å²) in [5.74, 6) is 0.508. The number of nitrogens with zero attached hydrogens (tertiary/aromatic N) is 1. The first-order chi connectivity index (χ1) is 9.37. The van der Waals surface area contributed by atoms with E-state index in [9.17, 15) is 0 Å². The standard InChI is InChI=1S/C16H24N4.HI/c1-11-6-5-7-13-14(11)12(10-19-13)8-9-18-15(17)20-16(2,3)4;/h5-7,10,19H,8-9H2,1-4H3,(H3,17,18,20);1H. The van der Waals surface area contributed by atoms with Crippen LogP contribution in [-0.4, -0.2) is 23.0 Å². The van der Waals surface area contributed by atoms with Crippen molar-refractivity contribution < 1.29 is 0 Å². The minimum absolute atomic E-state index is 0. The largest absolute Gasteiger partial charge is 0.370 e. The fraction of sp³-hybridized carbons (Fsp3) is 0.438. The molecule has 0 fully saturated rings. The fourth-order valence-corrected chi connectivity index (χ4v) is 2.37. The highest BCUT2D eigenvalue weighted by Crippen LogP contribution is 2.22. The number of guanidine groups is 1. The number of hydrogen-bond acceptors (Lipinski definition) is 1. The highest BCUT2D eigenvalue weighted by atomic mass is 127. The average Bonchev–Trinajstić information content (AvgIpc) is 2.71. The van der Waals surface area contributed by atoms with Gasteiger partial charge in [0.15, 0.2) is 5.96 Å². The Kier molecular flexibility index (Phi) is 6.07. The molecule has 0 atom stereocenters. The predicted molar refractivity (Wildman–Crippen MR) is 102 cm³/mol. The molecule has 0 aliphatic carbocycles. The first-order valence-corrected chi connectivity index (χ1v) is 7.00. The molecule has 1 heterocycles. The van der Waals surface area contributed by atoms with Crippen molar-refractivity contribution in [3.05, 3.63) is 35.5 Å². The van der Waals surface area contributed by atoms with E-state index in [1.54, 1.807) is 0 Å². The van der Waals surface area contributed by atoms with Crippen LogP contribution in [0, 0.1) is 6.92 Å².